The molecule has 1 aliphatic carbocycles. The van der Waals surface area contributed by atoms with E-state index in [9.17, 15) is 28.0 Å². The molecule has 19 nitrogen and oxygen atoms in total. The fourth-order valence-electron chi connectivity index (χ4n) is 11.4. The number of piperazine rings is 1. The van der Waals surface area contributed by atoms with Crippen molar-refractivity contribution in [3.8, 4) is 5.75 Å². The summed E-state index contributed by atoms with van der Waals surface area (Å²) >= 11 is 0. The number of benzene rings is 1. The zero-order valence-electron chi connectivity index (χ0n) is 37.2. The number of imidazole rings is 1. The van der Waals surface area contributed by atoms with E-state index in [-0.39, 0.29) is 53.9 Å². The van der Waals surface area contributed by atoms with Crippen molar-refractivity contribution in [2.24, 2.45) is 18.9 Å². The molecule has 0 radical (unpaired) electrons. The fraction of sp³-hybridized carbons (Fsp3) is 0.578. The molecule has 0 spiro atoms. The van der Waals surface area contributed by atoms with Crippen LogP contribution in [0.4, 0.5) is 26.0 Å². The third kappa shape index (κ3) is 7.67. The Morgan fingerprint density at radius 3 is 2.41 bits per heavy atom. The van der Waals surface area contributed by atoms with Crippen LogP contribution in [-0.2, 0) is 21.4 Å². The van der Waals surface area contributed by atoms with Gasteiger partial charge in [-0.15, -0.1) is 0 Å². The molecule has 5 aliphatic heterocycles. The number of carbonyl (C=O) groups excluding carboxylic acids is 3. The number of morpholine rings is 1. The SMILES string of the molecule is COc1ccc2c(c1N1CC(CN3CCN(C[C@H]4CC[C@H](n5cc(NC(=O)c6cnn7ccc(N8C[C@H]9C[C@@H]8CO9)nc67)c(C(F)F)n5)CC4)CC3)C1)n(C)c(=O)n2C1CCC(=O)NC1=O. The highest BCUT2D eigenvalue weighted by Crippen LogP contribution is 2.41. The maximum Gasteiger partial charge on any atom is 0.329 e. The molecule has 21 heteroatoms. The van der Waals surface area contributed by atoms with Gasteiger partial charge in [0, 0.05) is 90.7 Å². The first kappa shape index (κ1) is 42.7. The van der Waals surface area contributed by atoms with E-state index in [0.29, 0.717) is 40.9 Å². The largest absolute Gasteiger partial charge is 0.494 e. The highest BCUT2D eigenvalue weighted by Gasteiger charge is 2.40. The molecule has 6 fully saturated rings. The van der Waals surface area contributed by atoms with Gasteiger partial charge in [0.2, 0.25) is 11.8 Å². The third-order valence-electron chi connectivity index (χ3n) is 14.9. The molecule has 11 rings (SSSR count). The van der Waals surface area contributed by atoms with E-state index in [1.165, 1.54) is 15.3 Å². The molecule has 5 aromatic rings. The van der Waals surface area contributed by atoms with Crippen LogP contribution in [0.3, 0.4) is 0 Å². The van der Waals surface area contributed by atoms with Crippen molar-refractivity contribution in [2.75, 3.05) is 87.7 Å². The molecular formula is C45H55F2N13O6. The Morgan fingerprint density at radius 1 is 0.970 bits per heavy atom. The minimum Gasteiger partial charge on any atom is -0.494 e. The van der Waals surface area contributed by atoms with Gasteiger partial charge in [0.25, 0.3) is 12.3 Å². The van der Waals surface area contributed by atoms with Gasteiger partial charge in [-0.05, 0) is 62.6 Å². The standard InChI is InChI=1S/C45H55F2N13O6/c1-53-39-33(60(45(53)64)34-8-10-37(61)51-44(34)63)7-9-35(65-2)40(39)56-21-27(22-56)20-55-15-13-54(14-16-55)19-26-3-5-28(6-4-26)59-24-32(38(52-59)41(46)47)49-43(62)31-18-48-58-12-11-36(50-42(31)58)57-23-30-17-29(57)25-66-30/h7,9,11-12,18,24,26-30,34,41H,3-6,8,10,13-17,19-23,25H2,1-2H3,(H,49,62)(H,51,61,63)/t26-,28-,29-,30-,34?/m1/s1. The van der Waals surface area contributed by atoms with Crippen LogP contribution in [0.25, 0.3) is 16.7 Å². The predicted octanol–water partition coefficient (Wildman–Crippen LogP) is 3.22. The highest BCUT2D eigenvalue weighted by atomic mass is 19.3. The number of nitrogens with zero attached hydrogens (tertiary/aromatic N) is 11. The summed E-state index contributed by atoms with van der Waals surface area (Å²) in [7, 11) is 3.34. The number of imide groups is 1. The first-order chi connectivity index (χ1) is 32.0. The number of carbonyl (C=O) groups is 3. The molecule has 1 unspecified atom stereocenters. The van der Waals surface area contributed by atoms with Gasteiger partial charge in [0.05, 0.1) is 54.8 Å². The number of amides is 3. The van der Waals surface area contributed by atoms with Crippen molar-refractivity contribution in [1.82, 2.24) is 48.6 Å². The van der Waals surface area contributed by atoms with Gasteiger partial charge in [-0.2, -0.15) is 10.2 Å². The van der Waals surface area contributed by atoms with Crippen molar-refractivity contribution in [3.63, 3.8) is 0 Å². The zero-order valence-corrected chi connectivity index (χ0v) is 37.2. The number of nitrogens with one attached hydrogen (secondary N) is 2. The average molecular weight is 912 g/mol. The van der Waals surface area contributed by atoms with E-state index < -0.39 is 30.0 Å². The molecule has 66 heavy (non-hydrogen) atoms. The molecule has 1 aromatic carbocycles. The number of fused-ring (bicyclic) bond motifs is 4. The summed E-state index contributed by atoms with van der Waals surface area (Å²) in [4.78, 5) is 66.1. The second-order valence-electron chi connectivity index (χ2n) is 19.0. The topological polar surface area (TPSA) is 182 Å². The molecule has 4 aromatic heterocycles. The number of halogens is 2. The van der Waals surface area contributed by atoms with Gasteiger partial charge >= 0.3 is 5.69 Å². The van der Waals surface area contributed by atoms with Crippen molar-refractivity contribution < 1.29 is 32.6 Å². The van der Waals surface area contributed by atoms with Gasteiger partial charge < -0.3 is 34.4 Å². The molecule has 3 amide bonds. The van der Waals surface area contributed by atoms with E-state index >= 15 is 0 Å². The molecule has 350 valence electrons. The van der Waals surface area contributed by atoms with Crippen molar-refractivity contribution in [3.05, 3.63) is 58.5 Å². The number of rotatable bonds is 12. The minimum atomic E-state index is -2.86. The van der Waals surface area contributed by atoms with Gasteiger partial charge in [0.1, 0.15) is 28.9 Å². The Kier molecular flexibility index (Phi) is 11.0. The summed E-state index contributed by atoms with van der Waals surface area (Å²) in [6.07, 6.45) is 7.02. The quantitative estimate of drug-likeness (QED) is 0.175. The van der Waals surface area contributed by atoms with Crippen molar-refractivity contribution >= 4 is 51.6 Å². The summed E-state index contributed by atoms with van der Waals surface area (Å²) in [5, 5.41) is 13.7. The number of anilines is 3. The molecule has 1 saturated carbocycles. The van der Waals surface area contributed by atoms with E-state index in [4.69, 9.17) is 14.5 Å². The number of alkyl halides is 2. The Hall–Kier alpha value is -5.93. The highest BCUT2D eigenvalue weighted by molar-refractivity contribution is 6.08. The number of methoxy groups -OCH3 is 1. The number of ether oxygens (including phenoxy) is 2. The normalized spacial score (nSPS) is 25.4. The third-order valence-corrected chi connectivity index (χ3v) is 14.9. The van der Waals surface area contributed by atoms with Crippen LogP contribution >= 0.6 is 0 Å². The van der Waals surface area contributed by atoms with Crippen LogP contribution in [0.15, 0.2) is 41.6 Å². The van der Waals surface area contributed by atoms with Crippen LogP contribution in [0.2, 0.25) is 0 Å². The first-order valence-electron chi connectivity index (χ1n) is 23.2. The molecule has 2 bridgehead atoms. The van der Waals surface area contributed by atoms with Gasteiger partial charge in [-0.25, -0.2) is 23.1 Å². The maximum absolute atomic E-state index is 14.3. The lowest BCUT2D eigenvalue weighted by molar-refractivity contribution is -0.135. The molecule has 3 atom stereocenters. The number of piperidine rings is 1. The van der Waals surface area contributed by atoms with Crippen molar-refractivity contribution in [1.29, 1.82) is 0 Å². The molecular weight excluding hydrogens is 857 g/mol. The van der Waals surface area contributed by atoms with Crippen LogP contribution in [-0.4, -0.2) is 146 Å². The maximum atomic E-state index is 14.3. The second-order valence-corrected chi connectivity index (χ2v) is 19.0. The first-order valence-corrected chi connectivity index (χ1v) is 23.2. The Labute approximate surface area is 378 Å². The Bertz CT molecular complexity index is 2750. The predicted molar refractivity (Wildman–Crippen MR) is 238 cm³/mol. The summed E-state index contributed by atoms with van der Waals surface area (Å²) in [5.74, 6) is 1.01. The molecule has 2 N–H and O–H groups in total. The molecule has 6 aliphatic rings. The van der Waals surface area contributed by atoms with E-state index in [2.05, 4.69) is 40.4 Å². The lowest BCUT2D eigenvalue weighted by Gasteiger charge is -2.45. The van der Waals surface area contributed by atoms with Gasteiger partial charge in [-0.1, -0.05) is 0 Å². The number of hydrogen-bond donors (Lipinski definition) is 2. The van der Waals surface area contributed by atoms with Gasteiger partial charge in [-0.3, -0.25) is 33.5 Å². The smallest absolute Gasteiger partial charge is 0.329 e. The van der Waals surface area contributed by atoms with E-state index in [1.807, 2.05) is 18.2 Å². The van der Waals surface area contributed by atoms with E-state index in [0.717, 1.165) is 103 Å². The van der Waals surface area contributed by atoms with Crippen LogP contribution in [0, 0.1) is 11.8 Å². The number of aryl methyl sites for hydroxylation is 1. The van der Waals surface area contributed by atoms with E-state index in [1.54, 1.807) is 35.8 Å². The lowest BCUT2D eigenvalue weighted by Crippen LogP contribution is -2.55. The van der Waals surface area contributed by atoms with Crippen LogP contribution in [0.5, 0.6) is 5.75 Å². The Balaban J connectivity index is 0.662. The fourth-order valence-corrected chi connectivity index (χ4v) is 11.4. The second kappa shape index (κ2) is 17.1. The van der Waals surface area contributed by atoms with Crippen LogP contribution < -0.4 is 30.9 Å². The number of hydrogen-bond acceptors (Lipinski definition) is 13. The molecule has 5 saturated heterocycles. The zero-order chi connectivity index (χ0) is 45.4. The summed E-state index contributed by atoms with van der Waals surface area (Å²) in [6, 6.07) is 4.99. The lowest BCUT2D eigenvalue weighted by atomic mass is 9.85. The Morgan fingerprint density at radius 2 is 1.73 bits per heavy atom. The van der Waals surface area contributed by atoms with Crippen LogP contribution in [0.1, 0.15) is 79.5 Å². The minimum absolute atomic E-state index is 0.000117. The number of aromatic nitrogens is 7. The van der Waals surface area contributed by atoms with Crippen molar-refractivity contribution in [2.45, 2.75) is 75.6 Å². The van der Waals surface area contributed by atoms with Gasteiger partial charge in [0.15, 0.2) is 11.3 Å². The summed E-state index contributed by atoms with van der Waals surface area (Å²) in [6.45, 7) is 8.92. The monoisotopic (exact) mass is 911 g/mol. The summed E-state index contributed by atoms with van der Waals surface area (Å²) < 4.78 is 46.5. The average Bonchev–Trinajstić information content (AvgIpc) is 4.15. The summed E-state index contributed by atoms with van der Waals surface area (Å²) in [5.41, 5.74) is 2.02. The molecule has 9 heterocycles.